The van der Waals surface area contributed by atoms with Crippen molar-refractivity contribution in [3.8, 4) is 79.1 Å². The molecule has 6 heteroatoms. The second kappa shape index (κ2) is 13.8. The van der Waals surface area contributed by atoms with Crippen molar-refractivity contribution in [3.63, 3.8) is 0 Å². The summed E-state index contributed by atoms with van der Waals surface area (Å²) in [6.07, 6.45) is 0. The maximum atomic E-state index is 6.42. The molecule has 0 aliphatic carbocycles. The van der Waals surface area contributed by atoms with E-state index in [4.69, 9.17) is 29.3 Å². The molecule has 55 heavy (non-hydrogen) atoms. The normalized spacial score (nSPS) is 11.3. The van der Waals surface area contributed by atoms with E-state index >= 15 is 0 Å². The summed E-state index contributed by atoms with van der Waals surface area (Å²) in [5.41, 5.74) is 12.0. The van der Waals surface area contributed by atoms with Crippen LogP contribution in [0.5, 0.6) is 0 Å². The first-order chi connectivity index (χ1) is 27.2. The molecule has 10 aromatic rings. The molecule has 6 nitrogen and oxygen atoms in total. The van der Waals surface area contributed by atoms with Crippen molar-refractivity contribution in [3.05, 3.63) is 188 Å². The average molecular weight is 706 g/mol. The second-order valence-electron chi connectivity index (χ2n) is 13.3. The number of hydrogen-bond donors (Lipinski definition) is 0. The largest absolute Gasteiger partial charge is 0.452 e. The minimum absolute atomic E-state index is 0.620. The van der Waals surface area contributed by atoms with Gasteiger partial charge in [-0.3, -0.25) is 0 Å². The Bertz CT molecular complexity index is 2920. The molecule has 0 spiro atoms. The van der Waals surface area contributed by atoms with Crippen LogP contribution < -0.4 is 0 Å². The van der Waals surface area contributed by atoms with E-state index in [-0.39, 0.29) is 0 Å². The monoisotopic (exact) mass is 705 g/mol. The average Bonchev–Trinajstić information content (AvgIpc) is 3.66. The van der Waals surface area contributed by atoms with Gasteiger partial charge in [0.2, 0.25) is 0 Å². The fraction of sp³-hybridized carbons (Fsp3) is 0. The van der Waals surface area contributed by atoms with E-state index in [1.165, 1.54) is 0 Å². The molecule has 0 bridgehead atoms. The van der Waals surface area contributed by atoms with Crippen LogP contribution in [-0.2, 0) is 0 Å². The molecule has 10 rings (SSSR count). The second-order valence-corrected chi connectivity index (χ2v) is 13.3. The van der Waals surface area contributed by atoms with E-state index in [1.54, 1.807) is 0 Å². The van der Waals surface area contributed by atoms with Gasteiger partial charge < -0.3 is 4.42 Å². The first-order valence-electron chi connectivity index (χ1n) is 18.2. The van der Waals surface area contributed by atoms with Gasteiger partial charge >= 0.3 is 0 Å². The Morgan fingerprint density at radius 3 is 1.22 bits per heavy atom. The molecule has 7 aromatic carbocycles. The smallest absolute Gasteiger partial charge is 0.180 e. The lowest BCUT2D eigenvalue weighted by atomic mass is 9.96. The van der Waals surface area contributed by atoms with Gasteiger partial charge in [0.1, 0.15) is 16.8 Å². The van der Waals surface area contributed by atoms with Gasteiger partial charge in [0.25, 0.3) is 0 Å². The third kappa shape index (κ3) is 6.22. The highest BCUT2D eigenvalue weighted by Gasteiger charge is 2.19. The number of benzene rings is 7. The topological polar surface area (TPSA) is 77.6 Å². The van der Waals surface area contributed by atoms with E-state index in [0.29, 0.717) is 28.9 Å². The van der Waals surface area contributed by atoms with Crippen LogP contribution in [0.4, 0.5) is 0 Å². The highest BCUT2D eigenvalue weighted by molar-refractivity contribution is 6.07. The zero-order chi connectivity index (χ0) is 36.6. The molecule has 0 amide bonds. The minimum atomic E-state index is 0.620. The molecule has 0 fully saturated rings. The Morgan fingerprint density at radius 1 is 0.291 bits per heavy atom. The molecule has 3 heterocycles. The van der Waals surface area contributed by atoms with Crippen molar-refractivity contribution < 1.29 is 4.42 Å². The van der Waals surface area contributed by atoms with Crippen LogP contribution in [0.25, 0.3) is 101 Å². The van der Waals surface area contributed by atoms with Crippen LogP contribution in [0.1, 0.15) is 0 Å². The molecule has 0 aliphatic rings. The van der Waals surface area contributed by atoms with E-state index in [1.807, 2.05) is 109 Å². The van der Waals surface area contributed by atoms with Gasteiger partial charge in [0.05, 0.1) is 0 Å². The lowest BCUT2D eigenvalue weighted by molar-refractivity contribution is 0.667. The number of hydrogen-bond acceptors (Lipinski definition) is 6. The van der Waals surface area contributed by atoms with E-state index in [2.05, 4.69) is 78.9 Å². The van der Waals surface area contributed by atoms with Crippen LogP contribution in [0.3, 0.4) is 0 Å². The van der Waals surface area contributed by atoms with Crippen molar-refractivity contribution in [1.29, 1.82) is 0 Å². The molecular formula is C49H31N5O. The summed E-state index contributed by atoms with van der Waals surface area (Å²) in [5.74, 6) is 2.55. The minimum Gasteiger partial charge on any atom is -0.452 e. The molecule has 0 N–H and O–H groups in total. The van der Waals surface area contributed by atoms with Gasteiger partial charge in [0.15, 0.2) is 28.9 Å². The van der Waals surface area contributed by atoms with Gasteiger partial charge in [-0.1, -0.05) is 158 Å². The van der Waals surface area contributed by atoms with E-state index < -0.39 is 0 Å². The highest BCUT2D eigenvalue weighted by Crippen LogP contribution is 2.37. The summed E-state index contributed by atoms with van der Waals surface area (Å²) in [6.45, 7) is 0. The zero-order valence-electron chi connectivity index (χ0n) is 29.5. The van der Waals surface area contributed by atoms with Crippen molar-refractivity contribution in [2.45, 2.75) is 0 Å². The Labute approximate surface area is 317 Å². The maximum Gasteiger partial charge on any atom is 0.180 e. The first kappa shape index (κ1) is 32.1. The summed E-state index contributed by atoms with van der Waals surface area (Å²) in [5, 5.41) is 0.967. The van der Waals surface area contributed by atoms with Crippen molar-refractivity contribution >= 4 is 22.1 Å². The molecule has 0 unspecified atom stereocenters. The summed E-state index contributed by atoms with van der Waals surface area (Å²) in [6, 6.07) is 63.7. The summed E-state index contributed by atoms with van der Waals surface area (Å²) in [7, 11) is 0. The predicted molar refractivity (Wildman–Crippen MR) is 221 cm³/mol. The summed E-state index contributed by atoms with van der Waals surface area (Å²) >= 11 is 0. The van der Waals surface area contributed by atoms with Crippen LogP contribution in [-0.4, -0.2) is 24.9 Å². The number of aromatic nitrogens is 5. The third-order valence-corrected chi connectivity index (χ3v) is 9.74. The highest BCUT2D eigenvalue weighted by atomic mass is 16.3. The summed E-state index contributed by atoms with van der Waals surface area (Å²) < 4.78 is 6.42. The first-order valence-corrected chi connectivity index (χ1v) is 18.2. The zero-order valence-corrected chi connectivity index (χ0v) is 29.5. The van der Waals surface area contributed by atoms with Gasteiger partial charge in [-0.25, -0.2) is 24.9 Å². The Morgan fingerprint density at radius 2 is 0.673 bits per heavy atom. The SMILES string of the molecule is c1ccc(-c2nc(-c3ccccc3)nc(-c3cccc(-c4cccc(-c5cccc(-c6nc(-c7ccccc7)nc7c6oc6ccccc67)c5)c4)c3)n2)cc1. The lowest BCUT2D eigenvalue weighted by Gasteiger charge is -2.11. The summed E-state index contributed by atoms with van der Waals surface area (Å²) in [4.78, 5) is 24.9. The van der Waals surface area contributed by atoms with Crippen LogP contribution >= 0.6 is 0 Å². The molecule has 0 aliphatic heterocycles. The number of para-hydroxylation sites is 1. The standard InChI is InChI=1S/C49H31N5O/c1-4-15-32(16-5-1)46-50-43(45-44(51-46)41-27-10-11-28-42(41)55-45)39-25-13-23-37(30-39)35-21-12-22-36(29-35)38-24-14-26-40(31-38)49-53-47(33-17-6-2-7-18-33)52-48(54-49)34-19-8-3-9-20-34/h1-31H. The number of rotatable bonds is 7. The maximum absolute atomic E-state index is 6.42. The van der Waals surface area contributed by atoms with Gasteiger partial charge in [-0.15, -0.1) is 0 Å². The molecular weight excluding hydrogens is 675 g/mol. The number of nitrogens with zero attached hydrogens (tertiary/aromatic N) is 5. The van der Waals surface area contributed by atoms with Crippen molar-refractivity contribution in [2.75, 3.05) is 0 Å². The van der Waals surface area contributed by atoms with Gasteiger partial charge in [-0.2, -0.15) is 0 Å². The van der Waals surface area contributed by atoms with E-state index in [0.717, 1.165) is 72.3 Å². The molecule has 258 valence electrons. The molecule has 0 saturated carbocycles. The predicted octanol–water partition coefficient (Wildman–Crippen LogP) is 12.2. The Hall–Kier alpha value is -7.57. The fourth-order valence-corrected chi connectivity index (χ4v) is 7.00. The molecule has 3 aromatic heterocycles. The number of fused-ring (bicyclic) bond motifs is 3. The quantitative estimate of drug-likeness (QED) is 0.164. The van der Waals surface area contributed by atoms with Crippen molar-refractivity contribution in [2.24, 2.45) is 0 Å². The lowest BCUT2D eigenvalue weighted by Crippen LogP contribution is -2.00. The van der Waals surface area contributed by atoms with Crippen LogP contribution in [0.15, 0.2) is 192 Å². The number of furan rings is 1. The molecule has 0 radical (unpaired) electrons. The van der Waals surface area contributed by atoms with Crippen LogP contribution in [0, 0.1) is 0 Å². The van der Waals surface area contributed by atoms with E-state index in [9.17, 15) is 0 Å². The fourth-order valence-electron chi connectivity index (χ4n) is 7.00. The van der Waals surface area contributed by atoms with Crippen LogP contribution in [0.2, 0.25) is 0 Å². The third-order valence-electron chi connectivity index (χ3n) is 9.74. The van der Waals surface area contributed by atoms with Gasteiger partial charge in [-0.05, 0) is 52.6 Å². The van der Waals surface area contributed by atoms with Crippen molar-refractivity contribution in [1.82, 2.24) is 24.9 Å². The Kier molecular flexibility index (Phi) is 8.04. The molecule has 0 saturated heterocycles. The molecule has 0 atom stereocenters. The Balaban J connectivity index is 1.04. The van der Waals surface area contributed by atoms with Gasteiger partial charge in [0, 0.05) is 33.2 Å².